The van der Waals surface area contributed by atoms with Crippen LogP contribution >= 0.6 is 0 Å². The Morgan fingerprint density at radius 2 is 2.00 bits per heavy atom. The number of hydrogen-bond acceptors (Lipinski definition) is 4. The lowest BCUT2D eigenvalue weighted by molar-refractivity contribution is -0.120. The van der Waals surface area contributed by atoms with Crippen molar-refractivity contribution in [3.8, 4) is 11.5 Å². The molecule has 0 unspecified atom stereocenters. The highest BCUT2D eigenvalue weighted by Crippen LogP contribution is 2.27. The summed E-state index contributed by atoms with van der Waals surface area (Å²) in [7, 11) is 3.16. The molecule has 112 valence electrons. The van der Waals surface area contributed by atoms with E-state index in [9.17, 15) is 4.79 Å². The number of nitrogens with one attached hydrogen (secondary N) is 1. The monoisotopic (exact) mass is 289 g/mol. The fourth-order valence-corrected chi connectivity index (χ4v) is 2.02. The van der Waals surface area contributed by atoms with E-state index in [0.29, 0.717) is 30.9 Å². The van der Waals surface area contributed by atoms with Gasteiger partial charge >= 0.3 is 0 Å². The fourth-order valence-electron chi connectivity index (χ4n) is 2.02. The second-order valence-corrected chi connectivity index (χ2v) is 4.55. The van der Waals surface area contributed by atoms with Crippen molar-refractivity contribution in [2.45, 2.75) is 12.8 Å². The second-order valence-electron chi connectivity index (χ2n) is 4.55. The van der Waals surface area contributed by atoms with Crippen LogP contribution in [0.2, 0.25) is 0 Å². The summed E-state index contributed by atoms with van der Waals surface area (Å²) >= 11 is 0. The Morgan fingerprint density at radius 1 is 1.19 bits per heavy atom. The molecule has 1 N–H and O–H groups in total. The van der Waals surface area contributed by atoms with Gasteiger partial charge in [-0.15, -0.1) is 0 Å². The van der Waals surface area contributed by atoms with Gasteiger partial charge in [0, 0.05) is 13.0 Å². The fraction of sp³-hybridized carbons (Fsp3) is 0.312. The quantitative estimate of drug-likeness (QED) is 0.849. The maximum Gasteiger partial charge on any atom is 0.224 e. The van der Waals surface area contributed by atoms with Gasteiger partial charge in [-0.05, 0) is 29.8 Å². The van der Waals surface area contributed by atoms with Crippen molar-refractivity contribution in [1.82, 2.24) is 5.32 Å². The molecule has 1 aromatic carbocycles. The van der Waals surface area contributed by atoms with Gasteiger partial charge in [0.15, 0.2) is 11.5 Å². The Hall–Kier alpha value is -2.43. The third kappa shape index (κ3) is 4.27. The average molecular weight is 289 g/mol. The van der Waals surface area contributed by atoms with Crippen LogP contribution in [0.3, 0.4) is 0 Å². The van der Waals surface area contributed by atoms with Gasteiger partial charge in [0.25, 0.3) is 0 Å². The lowest BCUT2D eigenvalue weighted by atomic mass is 10.1. The number of rotatable bonds is 7. The summed E-state index contributed by atoms with van der Waals surface area (Å²) < 4.78 is 15.6. The highest BCUT2D eigenvalue weighted by molar-refractivity contribution is 5.78. The van der Waals surface area contributed by atoms with Crippen molar-refractivity contribution in [2.24, 2.45) is 0 Å². The van der Waals surface area contributed by atoms with Crippen LogP contribution in [0.5, 0.6) is 11.5 Å². The first-order chi connectivity index (χ1) is 10.2. The predicted octanol–water partition coefficient (Wildman–Crippen LogP) is 2.20. The van der Waals surface area contributed by atoms with Gasteiger partial charge in [0.1, 0.15) is 5.76 Å². The van der Waals surface area contributed by atoms with Crippen molar-refractivity contribution >= 4 is 5.91 Å². The number of furan rings is 1. The average Bonchev–Trinajstić information content (AvgIpc) is 3.00. The van der Waals surface area contributed by atoms with E-state index >= 15 is 0 Å². The summed E-state index contributed by atoms with van der Waals surface area (Å²) in [6, 6.07) is 9.18. The molecular formula is C16H19NO4. The summed E-state index contributed by atoms with van der Waals surface area (Å²) in [6.07, 6.45) is 2.62. The number of ether oxygens (including phenoxy) is 2. The molecule has 0 aliphatic rings. The smallest absolute Gasteiger partial charge is 0.224 e. The molecule has 0 aliphatic carbocycles. The number of amides is 1. The van der Waals surface area contributed by atoms with Crippen LogP contribution in [0.25, 0.3) is 0 Å². The predicted molar refractivity (Wildman–Crippen MR) is 78.7 cm³/mol. The summed E-state index contributed by atoms with van der Waals surface area (Å²) in [5.74, 6) is 2.10. The first-order valence-corrected chi connectivity index (χ1v) is 6.73. The van der Waals surface area contributed by atoms with E-state index in [1.165, 1.54) is 0 Å². The lowest BCUT2D eigenvalue weighted by Gasteiger charge is -2.09. The van der Waals surface area contributed by atoms with Gasteiger partial charge in [-0.1, -0.05) is 6.07 Å². The summed E-state index contributed by atoms with van der Waals surface area (Å²) in [6.45, 7) is 0.555. The summed E-state index contributed by atoms with van der Waals surface area (Å²) in [4.78, 5) is 11.9. The van der Waals surface area contributed by atoms with Crippen molar-refractivity contribution in [3.05, 3.63) is 47.9 Å². The molecule has 5 heteroatoms. The van der Waals surface area contributed by atoms with Crippen LogP contribution in [0, 0.1) is 0 Å². The lowest BCUT2D eigenvalue weighted by Crippen LogP contribution is -2.27. The zero-order chi connectivity index (χ0) is 15.1. The standard InChI is InChI=1S/C16H19NO4/c1-19-14-6-5-12(10-15(14)20-2)11-16(18)17-8-7-13-4-3-9-21-13/h3-6,9-10H,7-8,11H2,1-2H3,(H,17,18). The molecule has 0 saturated heterocycles. The van der Waals surface area contributed by atoms with Crippen LogP contribution in [0.1, 0.15) is 11.3 Å². The maximum atomic E-state index is 11.9. The Kier molecular flexibility index (Phi) is 5.26. The van der Waals surface area contributed by atoms with E-state index < -0.39 is 0 Å². The highest BCUT2D eigenvalue weighted by atomic mass is 16.5. The van der Waals surface area contributed by atoms with E-state index in [1.54, 1.807) is 26.5 Å². The highest BCUT2D eigenvalue weighted by Gasteiger charge is 2.08. The van der Waals surface area contributed by atoms with E-state index in [0.717, 1.165) is 11.3 Å². The maximum absolute atomic E-state index is 11.9. The minimum absolute atomic E-state index is 0.0335. The molecule has 0 saturated carbocycles. The number of benzene rings is 1. The SMILES string of the molecule is COc1ccc(CC(=O)NCCc2ccco2)cc1OC. The van der Waals surface area contributed by atoms with Gasteiger partial charge < -0.3 is 19.2 Å². The van der Waals surface area contributed by atoms with Crippen molar-refractivity contribution in [3.63, 3.8) is 0 Å². The van der Waals surface area contributed by atoms with E-state index in [4.69, 9.17) is 13.9 Å². The van der Waals surface area contributed by atoms with Gasteiger partial charge in [-0.25, -0.2) is 0 Å². The largest absolute Gasteiger partial charge is 0.493 e. The van der Waals surface area contributed by atoms with Crippen LogP contribution in [0.4, 0.5) is 0 Å². The molecule has 0 spiro atoms. The number of carbonyl (C=O) groups is 1. The third-order valence-corrected chi connectivity index (χ3v) is 3.09. The zero-order valence-corrected chi connectivity index (χ0v) is 12.2. The van der Waals surface area contributed by atoms with Gasteiger partial charge in [0.05, 0.1) is 26.9 Å². The minimum atomic E-state index is -0.0335. The van der Waals surface area contributed by atoms with Crippen molar-refractivity contribution in [1.29, 1.82) is 0 Å². The Balaban J connectivity index is 1.84. The van der Waals surface area contributed by atoms with Crippen molar-refractivity contribution in [2.75, 3.05) is 20.8 Å². The first kappa shape index (κ1) is 15.0. The minimum Gasteiger partial charge on any atom is -0.493 e. The van der Waals surface area contributed by atoms with Crippen LogP contribution < -0.4 is 14.8 Å². The molecule has 0 aliphatic heterocycles. The van der Waals surface area contributed by atoms with Gasteiger partial charge in [-0.3, -0.25) is 4.79 Å². The number of hydrogen-bond donors (Lipinski definition) is 1. The van der Waals surface area contributed by atoms with E-state index in [2.05, 4.69) is 5.32 Å². The molecule has 0 atom stereocenters. The Bertz CT molecular complexity index is 578. The summed E-state index contributed by atoms with van der Waals surface area (Å²) in [5.41, 5.74) is 0.878. The molecule has 1 heterocycles. The number of methoxy groups -OCH3 is 2. The number of carbonyl (C=O) groups excluding carboxylic acids is 1. The molecule has 0 radical (unpaired) electrons. The van der Waals surface area contributed by atoms with Crippen LogP contribution in [-0.4, -0.2) is 26.7 Å². The first-order valence-electron chi connectivity index (χ1n) is 6.73. The molecule has 1 amide bonds. The topological polar surface area (TPSA) is 60.7 Å². The van der Waals surface area contributed by atoms with Gasteiger partial charge in [-0.2, -0.15) is 0 Å². The molecule has 2 rings (SSSR count). The van der Waals surface area contributed by atoms with Crippen molar-refractivity contribution < 1.29 is 18.7 Å². The molecule has 5 nitrogen and oxygen atoms in total. The third-order valence-electron chi connectivity index (χ3n) is 3.09. The van der Waals surface area contributed by atoms with E-state index in [-0.39, 0.29) is 5.91 Å². The molecule has 0 fully saturated rings. The molecule has 2 aromatic rings. The molecule has 0 bridgehead atoms. The Morgan fingerprint density at radius 3 is 2.67 bits per heavy atom. The zero-order valence-electron chi connectivity index (χ0n) is 12.2. The van der Waals surface area contributed by atoms with Gasteiger partial charge in [0.2, 0.25) is 5.91 Å². The van der Waals surface area contributed by atoms with E-state index in [1.807, 2.05) is 24.3 Å². The molecule has 21 heavy (non-hydrogen) atoms. The molecule has 1 aromatic heterocycles. The normalized spacial score (nSPS) is 10.2. The molecular weight excluding hydrogens is 270 g/mol. The van der Waals surface area contributed by atoms with Crippen LogP contribution in [-0.2, 0) is 17.6 Å². The van der Waals surface area contributed by atoms with Crippen LogP contribution in [0.15, 0.2) is 41.0 Å². The second kappa shape index (κ2) is 7.38. The summed E-state index contributed by atoms with van der Waals surface area (Å²) in [5, 5.41) is 2.86. The Labute approximate surface area is 123 Å².